The van der Waals surface area contributed by atoms with E-state index in [4.69, 9.17) is 10.2 Å². The van der Waals surface area contributed by atoms with E-state index in [1.807, 2.05) is 19.3 Å². The van der Waals surface area contributed by atoms with E-state index < -0.39 is 5.91 Å². The molecule has 1 aromatic carbocycles. The number of rotatable bonds is 4. The number of hydrogen-bond donors (Lipinski definition) is 2. The number of nitrogens with one attached hydrogen (secondary N) is 1. The average molecular weight is 324 g/mol. The van der Waals surface area contributed by atoms with Gasteiger partial charge in [-0.15, -0.1) is 0 Å². The lowest BCUT2D eigenvalue weighted by Gasteiger charge is -2.04. The quantitative estimate of drug-likeness (QED) is 0.766. The monoisotopic (exact) mass is 324 g/mol. The Labute approximate surface area is 137 Å². The Morgan fingerprint density at radius 2 is 2.17 bits per heavy atom. The number of anilines is 1. The smallest absolute Gasteiger partial charge is 0.286 e. The number of carbonyl (C=O) groups is 2. The largest absolute Gasteiger partial charge is 0.449 e. The van der Waals surface area contributed by atoms with Crippen LogP contribution in [-0.2, 0) is 11.8 Å². The van der Waals surface area contributed by atoms with E-state index >= 15 is 0 Å². The van der Waals surface area contributed by atoms with Crippen molar-refractivity contribution in [3.05, 3.63) is 48.0 Å². The van der Waals surface area contributed by atoms with Crippen LogP contribution in [-0.4, -0.2) is 21.6 Å². The highest BCUT2D eigenvalue weighted by Gasteiger charge is 2.45. The van der Waals surface area contributed by atoms with Gasteiger partial charge in [-0.1, -0.05) is 12.1 Å². The molecule has 1 aliphatic carbocycles. The highest BCUT2D eigenvalue weighted by molar-refractivity contribution is 6.11. The number of nitrogens with two attached hydrogens (primary N) is 1. The molecule has 24 heavy (non-hydrogen) atoms. The number of nitrogens with zero attached hydrogens (tertiary/aromatic N) is 2. The molecule has 0 unspecified atom stereocenters. The summed E-state index contributed by atoms with van der Waals surface area (Å²) in [5.41, 5.74) is 7.28. The minimum Gasteiger partial charge on any atom is -0.449 e. The van der Waals surface area contributed by atoms with Gasteiger partial charge in [0.15, 0.2) is 0 Å². The van der Waals surface area contributed by atoms with E-state index in [1.54, 1.807) is 29.1 Å². The molecule has 0 radical (unpaired) electrons. The Morgan fingerprint density at radius 3 is 2.88 bits per heavy atom. The van der Waals surface area contributed by atoms with Crippen molar-refractivity contribution in [2.75, 3.05) is 5.32 Å². The molecule has 7 heteroatoms. The van der Waals surface area contributed by atoms with Crippen molar-refractivity contribution in [3.8, 4) is 0 Å². The highest BCUT2D eigenvalue weighted by Crippen LogP contribution is 2.48. The summed E-state index contributed by atoms with van der Waals surface area (Å²) in [5.74, 6) is -0.848. The molecule has 2 aromatic heterocycles. The van der Waals surface area contributed by atoms with Gasteiger partial charge in [0.05, 0.1) is 6.20 Å². The van der Waals surface area contributed by atoms with Gasteiger partial charge in [-0.2, -0.15) is 5.10 Å². The number of hydrogen-bond acceptors (Lipinski definition) is 4. The van der Waals surface area contributed by atoms with Crippen LogP contribution in [0.1, 0.15) is 28.5 Å². The number of benzene rings is 1. The van der Waals surface area contributed by atoms with Gasteiger partial charge in [0.25, 0.3) is 5.91 Å². The number of amides is 2. The number of primary amides is 1. The van der Waals surface area contributed by atoms with Crippen molar-refractivity contribution < 1.29 is 14.0 Å². The molecule has 3 aromatic rings. The molecule has 0 aliphatic heterocycles. The summed E-state index contributed by atoms with van der Waals surface area (Å²) in [4.78, 5) is 24.2. The second kappa shape index (κ2) is 5.23. The maximum Gasteiger partial charge on any atom is 0.286 e. The third-order valence-corrected chi connectivity index (χ3v) is 4.35. The molecule has 0 spiro atoms. The maximum absolute atomic E-state index is 12.5. The van der Waals surface area contributed by atoms with Crippen molar-refractivity contribution >= 4 is 28.5 Å². The summed E-state index contributed by atoms with van der Waals surface area (Å²) in [6, 6.07) is 7.12. The first kappa shape index (κ1) is 14.5. The van der Waals surface area contributed by atoms with E-state index in [0.29, 0.717) is 16.7 Å². The van der Waals surface area contributed by atoms with Crippen LogP contribution in [0, 0.1) is 5.92 Å². The molecule has 4 rings (SSSR count). The summed E-state index contributed by atoms with van der Waals surface area (Å²) in [7, 11) is 1.84. The van der Waals surface area contributed by atoms with Crippen molar-refractivity contribution in [2.45, 2.75) is 12.3 Å². The minimum absolute atomic E-state index is 0.0249. The molecule has 0 saturated heterocycles. The van der Waals surface area contributed by atoms with Gasteiger partial charge in [0.2, 0.25) is 11.7 Å². The van der Waals surface area contributed by atoms with Gasteiger partial charge in [-0.05, 0) is 30.0 Å². The Bertz CT molecular complexity index is 956. The summed E-state index contributed by atoms with van der Waals surface area (Å²) < 4.78 is 7.19. The van der Waals surface area contributed by atoms with Crippen LogP contribution in [0.3, 0.4) is 0 Å². The number of para-hydroxylation sites is 1. The van der Waals surface area contributed by atoms with Gasteiger partial charge in [-0.3, -0.25) is 14.3 Å². The fourth-order valence-corrected chi connectivity index (χ4v) is 3.04. The Morgan fingerprint density at radius 1 is 1.38 bits per heavy atom. The predicted molar refractivity (Wildman–Crippen MR) is 87.4 cm³/mol. The molecular weight excluding hydrogens is 308 g/mol. The predicted octanol–water partition coefficient (Wildman–Crippen LogP) is 2.01. The lowest BCUT2D eigenvalue weighted by molar-refractivity contribution is -0.117. The molecule has 2 atom stereocenters. The van der Waals surface area contributed by atoms with E-state index in [0.717, 1.165) is 12.0 Å². The van der Waals surface area contributed by atoms with Gasteiger partial charge < -0.3 is 15.5 Å². The van der Waals surface area contributed by atoms with Gasteiger partial charge in [-0.25, -0.2) is 0 Å². The van der Waals surface area contributed by atoms with Crippen molar-refractivity contribution in [3.63, 3.8) is 0 Å². The molecule has 1 fully saturated rings. The Hall–Kier alpha value is -3.09. The number of furan rings is 1. The Balaban J connectivity index is 1.59. The molecule has 1 aliphatic rings. The summed E-state index contributed by atoms with van der Waals surface area (Å²) in [6.07, 6.45) is 4.46. The first-order chi connectivity index (χ1) is 11.5. The zero-order chi connectivity index (χ0) is 16.8. The lowest BCUT2D eigenvalue weighted by atomic mass is 10.1. The van der Waals surface area contributed by atoms with Gasteiger partial charge in [0, 0.05) is 24.5 Å². The van der Waals surface area contributed by atoms with Crippen LogP contribution in [0.4, 0.5) is 5.69 Å². The molecule has 1 saturated carbocycles. The summed E-state index contributed by atoms with van der Waals surface area (Å²) in [6.45, 7) is 0. The minimum atomic E-state index is -0.707. The van der Waals surface area contributed by atoms with E-state index in [9.17, 15) is 9.59 Å². The van der Waals surface area contributed by atoms with Crippen LogP contribution in [0.15, 0.2) is 41.1 Å². The second-order valence-corrected chi connectivity index (χ2v) is 6.05. The van der Waals surface area contributed by atoms with E-state index in [-0.39, 0.29) is 23.5 Å². The molecule has 2 amide bonds. The Kier molecular flexibility index (Phi) is 3.16. The standard InChI is InChI=1S/C17H16N4O3/c1-21-8-9(7-19-21)11-6-12(11)17(23)20-14-10-4-2-3-5-13(10)24-15(14)16(18)22/h2-5,7-8,11-12H,6H2,1H3,(H2,18,22)(H,20,23)/t11-,12-/m1/s1. The maximum atomic E-state index is 12.5. The third kappa shape index (κ3) is 2.34. The summed E-state index contributed by atoms with van der Waals surface area (Å²) in [5, 5.41) is 7.62. The van der Waals surface area contributed by atoms with Crippen molar-refractivity contribution in [1.82, 2.24) is 9.78 Å². The number of aromatic nitrogens is 2. The first-order valence-corrected chi connectivity index (χ1v) is 7.65. The lowest BCUT2D eigenvalue weighted by Crippen LogP contribution is -2.18. The first-order valence-electron chi connectivity index (χ1n) is 7.65. The van der Waals surface area contributed by atoms with Crippen LogP contribution >= 0.6 is 0 Å². The molecule has 122 valence electrons. The fraction of sp³-hybridized carbons (Fsp3) is 0.235. The van der Waals surface area contributed by atoms with Gasteiger partial charge in [0.1, 0.15) is 11.3 Å². The van der Waals surface area contributed by atoms with Crippen molar-refractivity contribution in [1.29, 1.82) is 0 Å². The number of carbonyl (C=O) groups excluding carboxylic acids is 2. The van der Waals surface area contributed by atoms with Crippen molar-refractivity contribution in [2.24, 2.45) is 18.7 Å². The zero-order valence-electron chi connectivity index (χ0n) is 13.0. The normalized spacial score (nSPS) is 19.4. The topological polar surface area (TPSA) is 103 Å². The van der Waals surface area contributed by atoms with E-state index in [2.05, 4.69) is 10.4 Å². The summed E-state index contributed by atoms with van der Waals surface area (Å²) >= 11 is 0. The zero-order valence-corrected chi connectivity index (χ0v) is 13.0. The number of aryl methyl sites for hydroxylation is 1. The van der Waals surface area contributed by atoms with Crippen LogP contribution in [0.5, 0.6) is 0 Å². The molecule has 7 nitrogen and oxygen atoms in total. The molecule has 3 N–H and O–H groups in total. The van der Waals surface area contributed by atoms with Crippen LogP contribution < -0.4 is 11.1 Å². The van der Waals surface area contributed by atoms with Crippen LogP contribution in [0.25, 0.3) is 11.0 Å². The molecular formula is C17H16N4O3. The average Bonchev–Trinajstić information content (AvgIpc) is 3.12. The fourth-order valence-electron chi connectivity index (χ4n) is 3.04. The van der Waals surface area contributed by atoms with Crippen LogP contribution in [0.2, 0.25) is 0 Å². The highest BCUT2D eigenvalue weighted by atomic mass is 16.3. The van der Waals surface area contributed by atoms with Gasteiger partial charge >= 0.3 is 0 Å². The number of fused-ring (bicyclic) bond motifs is 1. The SMILES string of the molecule is Cn1cc([C@H]2C[C@H]2C(=O)Nc2c(C(N)=O)oc3ccccc23)cn1. The third-order valence-electron chi connectivity index (χ3n) is 4.35. The second-order valence-electron chi connectivity index (χ2n) is 6.05. The molecule has 0 bridgehead atoms. The van der Waals surface area contributed by atoms with E-state index in [1.165, 1.54) is 0 Å². The molecule has 2 heterocycles.